The number of hydrogen-bond donors (Lipinski definition) is 0. The fraction of sp³-hybridized carbons (Fsp3) is 0.714. The average Bonchev–Trinajstić information content (AvgIpc) is 1.87. The van der Waals surface area contributed by atoms with Gasteiger partial charge < -0.3 is 9.47 Å². The molecular weight excluding hydrogens is 146 g/mol. The van der Waals surface area contributed by atoms with E-state index in [0.717, 1.165) is 0 Å². The van der Waals surface area contributed by atoms with Crippen molar-refractivity contribution in [1.82, 2.24) is 0 Å². The molecule has 0 unspecified atom stereocenters. The van der Waals surface area contributed by atoms with E-state index in [2.05, 4.69) is 4.99 Å². The zero-order valence-electron chi connectivity index (χ0n) is 7.09. The zero-order valence-corrected chi connectivity index (χ0v) is 7.09. The van der Waals surface area contributed by atoms with Crippen molar-refractivity contribution in [2.24, 2.45) is 4.99 Å². The summed E-state index contributed by atoms with van der Waals surface area (Å²) in [5.41, 5.74) is 0. The Labute approximate surface area is 66.2 Å². The number of ether oxygens (including phenoxy) is 2. The molecule has 0 radical (unpaired) electrons. The number of aliphatic imine (C=N–C) groups is 1. The Balaban J connectivity index is 3.96. The van der Waals surface area contributed by atoms with Crippen molar-refractivity contribution in [2.75, 3.05) is 13.2 Å². The van der Waals surface area contributed by atoms with E-state index in [1.807, 2.05) is 0 Å². The van der Waals surface area contributed by atoms with Gasteiger partial charge in [0.25, 0.3) is 0 Å². The van der Waals surface area contributed by atoms with Gasteiger partial charge in [-0.15, -0.1) is 4.99 Å². The summed E-state index contributed by atoms with van der Waals surface area (Å²) in [6.45, 7) is 5.85. The van der Waals surface area contributed by atoms with Gasteiger partial charge in [0.05, 0.1) is 13.2 Å². The van der Waals surface area contributed by atoms with Gasteiger partial charge in [0.2, 0.25) is 5.91 Å². The lowest BCUT2D eigenvalue weighted by atomic mass is 10.7. The van der Waals surface area contributed by atoms with E-state index in [0.29, 0.717) is 13.2 Å². The topological polar surface area (TPSA) is 47.9 Å². The molecule has 0 saturated carbocycles. The minimum atomic E-state index is -0.318. The van der Waals surface area contributed by atoms with E-state index in [4.69, 9.17) is 9.47 Å². The van der Waals surface area contributed by atoms with Gasteiger partial charge in [0.15, 0.2) is 0 Å². The molecule has 0 aliphatic carbocycles. The summed E-state index contributed by atoms with van der Waals surface area (Å²) in [4.78, 5) is 13.9. The molecule has 0 bridgehead atoms. The van der Waals surface area contributed by atoms with Crippen LogP contribution in [0.5, 0.6) is 0 Å². The second kappa shape index (κ2) is 5.70. The van der Waals surface area contributed by atoms with Crippen LogP contribution in [0.15, 0.2) is 4.99 Å². The van der Waals surface area contributed by atoms with Crippen LogP contribution in [0.25, 0.3) is 0 Å². The molecule has 11 heavy (non-hydrogen) atoms. The molecule has 0 saturated heterocycles. The maximum Gasteiger partial charge on any atom is 0.391 e. The molecule has 0 fully saturated rings. The molecule has 0 aliphatic heterocycles. The van der Waals surface area contributed by atoms with Gasteiger partial charge in [0.1, 0.15) is 0 Å². The second-order valence-electron chi connectivity index (χ2n) is 1.76. The van der Waals surface area contributed by atoms with Crippen LogP contribution in [0.4, 0.5) is 0 Å². The van der Waals surface area contributed by atoms with Crippen LogP contribution in [0, 0.1) is 0 Å². The number of rotatable bonds is 2. The first-order valence-electron chi connectivity index (χ1n) is 3.55. The third-order valence-electron chi connectivity index (χ3n) is 0.784. The van der Waals surface area contributed by atoms with Gasteiger partial charge in [-0.05, 0) is 13.8 Å². The molecule has 0 atom stereocenters. The van der Waals surface area contributed by atoms with Crippen LogP contribution < -0.4 is 0 Å². The predicted octanol–water partition coefficient (Wildman–Crippen LogP) is 0.962. The Hall–Kier alpha value is -1.06. The molecule has 0 aromatic heterocycles. The first kappa shape index (κ1) is 9.94. The van der Waals surface area contributed by atoms with Crippen LogP contribution in [0.2, 0.25) is 0 Å². The number of carbonyl (C=O) groups excluding carboxylic acids is 1. The highest BCUT2D eigenvalue weighted by atomic mass is 16.7. The smallest absolute Gasteiger partial charge is 0.391 e. The third kappa shape index (κ3) is 5.39. The standard InChI is InChI=1S/C7H13NO3/c1-4-10-7(11-5-2)8-6(3)9/h4-5H2,1-3H3. The quantitative estimate of drug-likeness (QED) is 0.445. The Bertz CT molecular complexity index is 146. The third-order valence-corrected chi connectivity index (χ3v) is 0.784. The first-order valence-corrected chi connectivity index (χ1v) is 3.55. The summed E-state index contributed by atoms with van der Waals surface area (Å²) >= 11 is 0. The van der Waals surface area contributed by atoms with E-state index < -0.39 is 0 Å². The summed E-state index contributed by atoms with van der Waals surface area (Å²) in [5.74, 6) is -0.318. The van der Waals surface area contributed by atoms with Gasteiger partial charge in [0, 0.05) is 6.92 Å². The lowest BCUT2D eigenvalue weighted by molar-refractivity contribution is -0.116. The summed E-state index contributed by atoms with van der Waals surface area (Å²) in [7, 11) is 0. The SMILES string of the molecule is CCOC(=NC(C)=O)OCC. The molecule has 4 nitrogen and oxygen atoms in total. The molecule has 0 aromatic rings. The second-order valence-corrected chi connectivity index (χ2v) is 1.76. The molecule has 64 valence electrons. The maximum atomic E-state index is 10.5. The zero-order chi connectivity index (χ0) is 8.69. The Morgan fingerprint density at radius 1 is 1.27 bits per heavy atom. The number of hydrogen-bond acceptors (Lipinski definition) is 3. The van der Waals surface area contributed by atoms with E-state index in [-0.39, 0.29) is 12.0 Å². The monoisotopic (exact) mass is 159 g/mol. The fourth-order valence-corrected chi connectivity index (χ4v) is 0.482. The lowest BCUT2D eigenvalue weighted by Crippen LogP contribution is -2.11. The molecular formula is C7H13NO3. The number of amides is 1. The van der Waals surface area contributed by atoms with Crippen molar-refractivity contribution in [3.63, 3.8) is 0 Å². The molecule has 0 spiro atoms. The minimum Gasteiger partial charge on any atom is -0.451 e. The number of carbonyl (C=O) groups is 1. The summed E-state index contributed by atoms with van der Waals surface area (Å²) in [6, 6.07) is 0. The minimum absolute atomic E-state index is 0.0579. The fourth-order valence-electron chi connectivity index (χ4n) is 0.482. The van der Waals surface area contributed by atoms with Crippen LogP contribution >= 0.6 is 0 Å². The lowest BCUT2D eigenvalue weighted by Gasteiger charge is -2.04. The van der Waals surface area contributed by atoms with Crippen molar-refractivity contribution >= 4 is 12.0 Å². The molecule has 0 N–H and O–H groups in total. The summed E-state index contributed by atoms with van der Waals surface area (Å²) < 4.78 is 9.80. The van der Waals surface area contributed by atoms with E-state index in [1.165, 1.54) is 6.92 Å². The molecule has 0 aromatic carbocycles. The van der Waals surface area contributed by atoms with Gasteiger partial charge >= 0.3 is 6.08 Å². The Kier molecular flexibility index (Phi) is 5.15. The average molecular weight is 159 g/mol. The maximum absolute atomic E-state index is 10.5. The van der Waals surface area contributed by atoms with E-state index in [9.17, 15) is 4.79 Å². The molecule has 0 rings (SSSR count). The van der Waals surface area contributed by atoms with Gasteiger partial charge in [-0.3, -0.25) is 4.79 Å². The van der Waals surface area contributed by atoms with Gasteiger partial charge in [-0.2, -0.15) is 0 Å². The van der Waals surface area contributed by atoms with Crippen LogP contribution in [-0.2, 0) is 14.3 Å². The van der Waals surface area contributed by atoms with Gasteiger partial charge in [-0.1, -0.05) is 0 Å². The normalized spacial score (nSPS) is 8.64. The van der Waals surface area contributed by atoms with Crippen molar-refractivity contribution in [3.8, 4) is 0 Å². The number of nitrogens with zero attached hydrogens (tertiary/aromatic N) is 1. The molecule has 0 heterocycles. The Morgan fingerprint density at radius 2 is 1.73 bits per heavy atom. The Morgan fingerprint density at radius 3 is 2.00 bits per heavy atom. The van der Waals surface area contributed by atoms with E-state index in [1.54, 1.807) is 13.8 Å². The van der Waals surface area contributed by atoms with Gasteiger partial charge in [-0.25, -0.2) is 0 Å². The highest BCUT2D eigenvalue weighted by molar-refractivity contribution is 5.86. The highest BCUT2D eigenvalue weighted by Crippen LogP contribution is 1.87. The van der Waals surface area contributed by atoms with Crippen LogP contribution in [0.3, 0.4) is 0 Å². The van der Waals surface area contributed by atoms with Crippen molar-refractivity contribution in [1.29, 1.82) is 0 Å². The largest absolute Gasteiger partial charge is 0.451 e. The van der Waals surface area contributed by atoms with Crippen molar-refractivity contribution in [3.05, 3.63) is 0 Å². The van der Waals surface area contributed by atoms with E-state index >= 15 is 0 Å². The predicted molar refractivity (Wildman–Crippen MR) is 41.4 cm³/mol. The van der Waals surface area contributed by atoms with Crippen molar-refractivity contribution in [2.45, 2.75) is 20.8 Å². The molecule has 1 amide bonds. The van der Waals surface area contributed by atoms with Crippen LogP contribution in [-0.4, -0.2) is 25.2 Å². The highest BCUT2D eigenvalue weighted by Gasteiger charge is 1.99. The van der Waals surface area contributed by atoms with Crippen molar-refractivity contribution < 1.29 is 14.3 Å². The molecule has 4 heteroatoms. The molecule has 0 aliphatic rings. The first-order chi connectivity index (χ1) is 5.20. The summed E-state index contributed by atoms with van der Waals surface area (Å²) in [5, 5.41) is 0. The summed E-state index contributed by atoms with van der Waals surface area (Å²) in [6.07, 6.45) is 0.0579. The van der Waals surface area contributed by atoms with Crippen LogP contribution in [0.1, 0.15) is 20.8 Å².